The lowest BCUT2D eigenvalue weighted by Gasteiger charge is -2.05. The Labute approximate surface area is 125 Å². The van der Waals surface area contributed by atoms with Gasteiger partial charge in [-0.05, 0) is 30.7 Å². The van der Waals surface area contributed by atoms with Crippen LogP contribution in [0.4, 0.5) is 14.5 Å². The number of rotatable bonds is 4. The smallest absolute Gasteiger partial charge is 0.248 e. The number of benzene rings is 2. The van der Waals surface area contributed by atoms with Crippen LogP contribution >= 0.6 is 0 Å². The number of para-hydroxylation sites is 1. The van der Waals surface area contributed by atoms with E-state index >= 15 is 0 Å². The lowest BCUT2D eigenvalue weighted by molar-refractivity contribution is 0.512. The van der Waals surface area contributed by atoms with E-state index in [0.29, 0.717) is 5.89 Å². The maximum absolute atomic E-state index is 13.5. The Morgan fingerprint density at radius 1 is 1.00 bits per heavy atom. The van der Waals surface area contributed by atoms with Gasteiger partial charge in [-0.15, -0.1) is 10.2 Å². The maximum Gasteiger partial charge on any atom is 0.248 e. The van der Waals surface area contributed by atoms with Crippen molar-refractivity contribution in [3.8, 4) is 11.5 Å². The number of hydrogen-bond donors (Lipinski definition) is 1. The van der Waals surface area contributed by atoms with E-state index in [1.54, 1.807) is 0 Å². The van der Waals surface area contributed by atoms with Crippen LogP contribution in [0.1, 0.15) is 11.5 Å². The molecule has 0 bridgehead atoms. The Morgan fingerprint density at radius 2 is 1.73 bits per heavy atom. The minimum absolute atomic E-state index is 0.0384. The highest BCUT2D eigenvalue weighted by atomic mass is 19.1. The van der Waals surface area contributed by atoms with E-state index in [1.807, 2.05) is 31.2 Å². The van der Waals surface area contributed by atoms with E-state index in [9.17, 15) is 8.78 Å². The second-order valence-electron chi connectivity index (χ2n) is 4.77. The summed E-state index contributed by atoms with van der Waals surface area (Å²) in [7, 11) is 0. The van der Waals surface area contributed by atoms with Crippen molar-refractivity contribution in [3.05, 3.63) is 65.6 Å². The highest BCUT2D eigenvalue weighted by molar-refractivity contribution is 5.57. The maximum atomic E-state index is 13.5. The van der Waals surface area contributed by atoms with E-state index in [0.717, 1.165) is 11.1 Å². The van der Waals surface area contributed by atoms with Crippen molar-refractivity contribution in [3.63, 3.8) is 0 Å². The number of anilines is 1. The van der Waals surface area contributed by atoms with E-state index in [-0.39, 0.29) is 18.1 Å². The highest BCUT2D eigenvalue weighted by Gasteiger charge is 2.12. The number of hydrogen-bond acceptors (Lipinski definition) is 4. The lowest BCUT2D eigenvalue weighted by atomic mass is 10.1. The summed E-state index contributed by atoms with van der Waals surface area (Å²) in [5.41, 5.74) is 1.63. The molecule has 0 aliphatic carbocycles. The largest absolute Gasteiger partial charge is 0.419 e. The average Bonchev–Trinajstić information content (AvgIpc) is 2.96. The SMILES string of the molecule is Cc1ccccc1-c1nnc(CNc2c(F)cccc2F)o1. The zero-order chi connectivity index (χ0) is 15.5. The van der Waals surface area contributed by atoms with Gasteiger partial charge in [-0.25, -0.2) is 8.78 Å². The molecule has 0 atom stereocenters. The average molecular weight is 301 g/mol. The summed E-state index contributed by atoms with van der Waals surface area (Å²) in [5, 5.41) is 10.5. The Bertz CT molecular complexity index is 781. The molecule has 0 saturated heterocycles. The molecular formula is C16H13F2N3O. The zero-order valence-electron chi connectivity index (χ0n) is 11.8. The zero-order valence-corrected chi connectivity index (χ0v) is 11.8. The van der Waals surface area contributed by atoms with Crippen molar-refractivity contribution in [2.75, 3.05) is 5.32 Å². The Morgan fingerprint density at radius 3 is 2.45 bits per heavy atom. The van der Waals surface area contributed by atoms with Crippen LogP contribution in [-0.4, -0.2) is 10.2 Å². The summed E-state index contributed by atoms with van der Waals surface area (Å²) >= 11 is 0. The molecule has 112 valence electrons. The van der Waals surface area contributed by atoms with Crippen molar-refractivity contribution in [2.45, 2.75) is 13.5 Å². The summed E-state index contributed by atoms with van der Waals surface area (Å²) in [6.45, 7) is 1.98. The Balaban J connectivity index is 1.77. The number of aromatic nitrogens is 2. The van der Waals surface area contributed by atoms with Crippen LogP contribution in [0.5, 0.6) is 0 Å². The topological polar surface area (TPSA) is 51.0 Å². The van der Waals surface area contributed by atoms with Gasteiger partial charge in [0.15, 0.2) is 0 Å². The summed E-state index contributed by atoms with van der Waals surface area (Å²) in [6, 6.07) is 11.3. The van der Waals surface area contributed by atoms with Gasteiger partial charge in [0.2, 0.25) is 11.8 Å². The molecule has 1 heterocycles. The third kappa shape index (κ3) is 2.81. The van der Waals surface area contributed by atoms with Gasteiger partial charge in [-0.1, -0.05) is 24.3 Å². The van der Waals surface area contributed by atoms with Crippen molar-refractivity contribution < 1.29 is 13.2 Å². The van der Waals surface area contributed by atoms with Crippen LogP contribution in [0.2, 0.25) is 0 Å². The molecule has 0 radical (unpaired) electrons. The van der Waals surface area contributed by atoms with Gasteiger partial charge in [0.1, 0.15) is 17.3 Å². The second-order valence-corrected chi connectivity index (χ2v) is 4.77. The fraction of sp³-hybridized carbons (Fsp3) is 0.125. The van der Waals surface area contributed by atoms with Crippen molar-refractivity contribution in [1.29, 1.82) is 0 Å². The van der Waals surface area contributed by atoms with Gasteiger partial charge in [-0.2, -0.15) is 0 Å². The first-order valence-electron chi connectivity index (χ1n) is 6.71. The molecule has 6 heteroatoms. The quantitative estimate of drug-likeness (QED) is 0.793. The minimum Gasteiger partial charge on any atom is -0.419 e. The number of nitrogens with zero attached hydrogens (tertiary/aromatic N) is 2. The van der Waals surface area contributed by atoms with Crippen LogP contribution < -0.4 is 5.32 Å². The molecule has 0 amide bonds. The third-order valence-electron chi connectivity index (χ3n) is 3.22. The molecule has 4 nitrogen and oxygen atoms in total. The monoisotopic (exact) mass is 301 g/mol. The van der Waals surface area contributed by atoms with Gasteiger partial charge in [-0.3, -0.25) is 0 Å². The van der Waals surface area contributed by atoms with Gasteiger partial charge >= 0.3 is 0 Å². The van der Waals surface area contributed by atoms with E-state index in [1.165, 1.54) is 18.2 Å². The molecule has 22 heavy (non-hydrogen) atoms. The predicted octanol–water partition coefficient (Wildman–Crippen LogP) is 3.94. The van der Waals surface area contributed by atoms with Crippen molar-refractivity contribution >= 4 is 5.69 Å². The van der Waals surface area contributed by atoms with Crippen molar-refractivity contribution in [1.82, 2.24) is 10.2 Å². The van der Waals surface area contributed by atoms with Crippen LogP contribution in [0.3, 0.4) is 0 Å². The number of nitrogens with one attached hydrogen (secondary N) is 1. The molecule has 0 aliphatic rings. The normalized spacial score (nSPS) is 10.7. The fourth-order valence-corrected chi connectivity index (χ4v) is 2.08. The molecule has 2 aromatic carbocycles. The standard InChI is InChI=1S/C16H13F2N3O/c1-10-5-2-3-6-11(10)16-21-20-14(22-16)9-19-15-12(17)7-4-8-13(15)18/h2-8,19H,9H2,1H3. The molecule has 0 saturated carbocycles. The van der Waals surface area contributed by atoms with Crippen LogP contribution in [0.15, 0.2) is 46.9 Å². The van der Waals surface area contributed by atoms with Gasteiger partial charge in [0, 0.05) is 5.56 Å². The molecule has 0 spiro atoms. The summed E-state index contributed by atoms with van der Waals surface area (Å²) in [6.07, 6.45) is 0. The lowest BCUT2D eigenvalue weighted by Crippen LogP contribution is -2.04. The summed E-state index contributed by atoms with van der Waals surface area (Å²) in [5.74, 6) is -0.706. The fourth-order valence-electron chi connectivity index (χ4n) is 2.08. The molecule has 0 unspecified atom stereocenters. The Hall–Kier alpha value is -2.76. The molecule has 1 N–H and O–H groups in total. The molecule has 3 aromatic rings. The number of halogens is 2. The first-order valence-corrected chi connectivity index (χ1v) is 6.71. The van der Waals surface area contributed by atoms with Gasteiger partial charge in [0.05, 0.1) is 6.54 Å². The molecule has 0 aliphatic heterocycles. The van der Waals surface area contributed by atoms with Crippen LogP contribution in [-0.2, 0) is 6.54 Å². The molecule has 3 rings (SSSR count). The second kappa shape index (κ2) is 5.93. The number of aryl methyl sites for hydroxylation is 1. The van der Waals surface area contributed by atoms with Crippen LogP contribution in [0, 0.1) is 18.6 Å². The van der Waals surface area contributed by atoms with Crippen LogP contribution in [0.25, 0.3) is 11.5 Å². The molecule has 0 fully saturated rings. The first-order chi connectivity index (χ1) is 10.6. The van der Waals surface area contributed by atoms with E-state index < -0.39 is 11.6 Å². The molecule has 1 aromatic heterocycles. The molecular weight excluding hydrogens is 288 g/mol. The minimum atomic E-state index is -0.668. The van der Waals surface area contributed by atoms with Gasteiger partial charge in [0.25, 0.3) is 0 Å². The van der Waals surface area contributed by atoms with Crippen molar-refractivity contribution in [2.24, 2.45) is 0 Å². The van der Waals surface area contributed by atoms with Gasteiger partial charge < -0.3 is 9.73 Å². The van der Waals surface area contributed by atoms with E-state index in [2.05, 4.69) is 15.5 Å². The first kappa shape index (κ1) is 14.2. The Kier molecular flexibility index (Phi) is 3.82. The summed E-state index contributed by atoms with van der Waals surface area (Å²) in [4.78, 5) is 0. The summed E-state index contributed by atoms with van der Waals surface area (Å²) < 4.78 is 32.5. The highest BCUT2D eigenvalue weighted by Crippen LogP contribution is 2.23. The van der Waals surface area contributed by atoms with E-state index in [4.69, 9.17) is 4.42 Å². The predicted molar refractivity (Wildman–Crippen MR) is 78.2 cm³/mol. The third-order valence-corrected chi connectivity index (χ3v) is 3.22.